The van der Waals surface area contributed by atoms with E-state index in [-0.39, 0.29) is 60.6 Å². The minimum absolute atomic E-state index is 0. The minimum Gasteiger partial charge on any atom is -0.699 e. The van der Waals surface area contributed by atoms with E-state index in [2.05, 4.69) is 5.32 Å². The van der Waals surface area contributed by atoms with Crippen molar-refractivity contribution in [2.45, 2.75) is 16.7 Å². The van der Waals surface area contributed by atoms with Gasteiger partial charge >= 0.3 is 0 Å². The van der Waals surface area contributed by atoms with E-state index in [0.29, 0.717) is 0 Å². The fraction of sp³-hybridized carbons (Fsp3) is 0.0556. The van der Waals surface area contributed by atoms with Crippen LogP contribution in [-0.4, -0.2) is 37.0 Å². The zero-order chi connectivity index (χ0) is 22.4. The van der Waals surface area contributed by atoms with E-state index in [1.807, 2.05) is 0 Å². The summed E-state index contributed by atoms with van der Waals surface area (Å²) in [5, 5.41) is 12.4. The number of fused-ring (bicyclic) bond motifs is 1. The predicted octanol–water partition coefficient (Wildman–Crippen LogP) is 3.28. The van der Waals surface area contributed by atoms with Crippen LogP contribution in [0.25, 0.3) is 16.5 Å². The molecular weight excluding hydrogens is 525 g/mol. The van der Waals surface area contributed by atoms with E-state index < -0.39 is 47.1 Å². The van der Waals surface area contributed by atoms with Crippen LogP contribution in [-0.2, 0) is 52.9 Å². The van der Waals surface area contributed by atoms with Gasteiger partial charge < -0.3 is 16.2 Å². The topological polar surface area (TPSA) is 182 Å². The Morgan fingerprint density at radius 3 is 2.00 bits per heavy atom. The first-order valence-corrected chi connectivity index (χ1v) is 11.1. The van der Waals surface area contributed by atoms with Gasteiger partial charge in [0.05, 0.1) is 5.69 Å². The number of phenolic OH excluding ortho intramolecular Hbond substituents is 1. The maximum atomic E-state index is 12.5. The molecule has 3 aromatic carbocycles. The van der Waals surface area contributed by atoms with Gasteiger partial charge in [-0.2, -0.15) is 16.8 Å². The van der Waals surface area contributed by atoms with Crippen molar-refractivity contribution in [3.8, 4) is 5.75 Å². The molecule has 0 unspecified atom stereocenters. The summed E-state index contributed by atoms with van der Waals surface area (Å²) in [4.78, 5) is 11.0. The summed E-state index contributed by atoms with van der Waals surface area (Å²) in [5.74, 6) is -1.35. The molecule has 0 atom stereocenters. The van der Waals surface area contributed by atoms with Gasteiger partial charge in [0.2, 0.25) is 0 Å². The zero-order valence-electron chi connectivity index (χ0n) is 15.8. The molecule has 3 aromatic rings. The second-order valence-corrected chi connectivity index (χ2v) is 9.14. The Kier molecular flexibility index (Phi) is 7.15. The van der Waals surface area contributed by atoms with E-state index in [0.717, 1.165) is 18.2 Å². The molecule has 13 heteroatoms. The van der Waals surface area contributed by atoms with Crippen LogP contribution in [0.2, 0.25) is 0 Å². The van der Waals surface area contributed by atoms with Gasteiger partial charge in [0.15, 0.2) is 0 Å². The van der Waals surface area contributed by atoms with Crippen LogP contribution in [0, 0.1) is 6.92 Å². The normalized spacial score (nSPS) is 11.7. The number of rotatable bonds is 4. The molecule has 0 aromatic heterocycles. The number of carbonyl (C=O) groups excluding carboxylic acids is 1. The molecular formula is C18H15N2O8S2Y-. The summed E-state index contributed by atoms with van der Waals surface area (Å²) in [7, 11) is -9.68. The number of aromatic hydroxyl groups is 1. The number of amides is 1. The Morgan fingerprint density at radius 1 is 0.935 bits per heavy atom. The molecule has 3 rings (SSSR count). The number of hydrogen-bond acceptors (Lipinski definition) is 6. The summed E-state index contributed by atoms with van der Waals surface area (Å²) in [6.07, 6.45) is 0. The van der Waals surface area contributed by atoms with Crippen molar-refractivity contribution in [3.63, 3.8) is 0 Å². The van der Waals surface area contributed by atoms with Crippen molar-refractivity contribution < 1.29 is 68.6 Å². The van der Waals surface area contributed by atoms with E-state index in [4.69, 9.17) is 5.73 Å². The number of hydrogen-bond donors (Lipinski definition) is 4. The maximum absolute atomic E-state index is 12.5. The van der Waals surface area contributed by atoms with Gasteiger partial charge in [-0.25, -0.2) is 0 Å². The average molecular weight is 540 g/mol. The van der Waals surface area contributed by atoms with Gasteiger partial charge in [-0.15, -0.1) is 5.69 Å². The molecule has 0 bridgehead atoms. The van der Waals surface area contributed by atoms with Gasteiger partial charge in [0.1, 0.15) is 15.5 Å². The third-order valence-corrected chi connectivity index (χ3v) is 6.29. The summed E-state index contributed by atoms with van der Waals surface area (Å²) < 4.78 is 65.7. The summed E-state index contributed by atoms with van der Waals surface area (Å²) in [6.45, 7) is 1.18. The van der Waals surface area contributed by atoms with Crippen LogP contribution in [0.3, 0.4) is 0 Å². The third-order valence-electron chi connectivity index (χ3n) is 4.39. The van der Waals surface area contributed by atoms with Crippen LogP contribution in [0.4, 0.5) is 11.4 Å². The van der Waals surface area contributed by atoms with Gasteiger partial charge in [-0.3, -0.25) is 13.9 Å². The van der Waals surface area contributed by atoms with Gasteiger partial charge in [-0.1, -0.05) is 24.3 Å². The number of anilines is 1. The zero-order valence-corrected chi connectivity index (χ0v) is 20.3. The molecule has 0 aliphatic heterocycles. The molecule has 1 radical (unpaired) electrons. The quantitative estimate of drug-likeness (QED) is 0.364. The van der Waals surface area contributed by atoms with Gasteiger partial charge in [-0.05, 0) is 25.1 Å². The van der Waals surface area contributed by atoms with Crippen LogP contribution in [0.5, 0.6) is 5.75 Å². The Labute approximate surface area is 202 Å². The van der Waals surface area contributed by atoms with Crippen molar-refractivity contribution in [2.75, 3.05) is 5.32 Å². The Hall–Kier alpha value is -2.09. The fourth-order valence-corrected chi connectivity index (χ4v) is 4.38. The average Bonchev–Trinajstić information content (AvgIpc) is 2.63. The molecule has 0 spiro atoms. The monoisotopic (exact) mass is 540 g/mol. The molecule has 0 heterocycles. The SMILES string of the molecule is Cc1c(S(=O)(=O)O)cc2c(S(=O)(=O)O)ccc(NC(=O)c3ccc([NH-])cc3)c2c1O.[Y]. The molecule has 0 aliphatic rings. The minimum atomic E-state index is -4.84. The van der Waals surface area contributed by atoms with Crippen molar-refractivity contribution in [1.29, 1.82) is 0 Å². The molecule has 0 aliphatic carbocycles. The Morgan fingerprint density at radius 2 is 1.48 bits per heavy atom. The molecule has 0 fully saturated rings. The number of phenols is 1. The Bertz CT molecular complexity index is 1400. The van der Waals surface area contributed by atoms with Crippen molar-refractivity contribution >= 4 is 48.3 Å². The van der Waals surface area contributed by atoms with Gasteiger partial charge in [0, 0.05) is 54.6 Å². The van der Waals surface area contributed by atoms with E-state index in [1.54, 1.807) is 0 Å². The van der Waals surface area contributed by atoms with Crippen molar-refractivity contribution in [3.05, 3.63) is 59.3 Å². The van der Waals surface area contributed by atoms with Crippen molar-refractivity contribution in [1.82, 2.24) is 0 Å². The first-order chi connectivity index (χ1) is 13.8. The molecule has 10 nitrogen and oxygen atoms in total. The second-order valence-electron chi connectivity index (χ2n) is 6.36. The van der Waals surface area contributed by atoms with Crippen LogP contribution in [0.1, 0.15) is 15.9 Å². The first-order valence-electron chi connectivity index (χ1n) is 8.18. The van der Waals surface area contributed by atoms with Crippen molar-refractivity contribution in [2.24, 2.45) is 0 Å². The number of benzene rings is 3. The van der Waals surface area contributed by atoms with E-state index in [9.17, 15) is 35.8 Å². The maximum Gasteiger partial charge on any atom is 0.295 e. The van der Waals surface area contributed by atoms with Gasteiger partial charge in [0.25, 0.3) is 26.1 Å². The van der Waals surface area contributed by atoms with Crippen LogP contribution < -0.4 is 5.32 Å². The summed E-state index contributed by atoms with van der Waals surface area (Å²) >= 11 is 0. The molecule has 31 heavy (non-hydrogen) atoms. The molecule has 1 amide bonds. The summed E-state index contributed by atoms with van der Waals surface area (Å²) in [5.41, 5.74) is 7.45. The predicted molar refractivity (Wildman–Crippen MR) is 108 cm³/mol. The Balaban J connectivity index is 0.00000341. The molecule has 0 saturated carbocycles. The number of nitrogens with one attached hydrogen (secondary N) is 2. The standard InChI is InChI=1S/C18H16N2O8S2.Y/c1-9-15(30(26,27)28)8-12-14(29(23,24)25)7-6-13(16(12)17(9)21)20-18(22)10-2-4-11(19)5-3-10;/h2-8H,1H3,(H6,19,20,21,22,23,24,25,26,27,28);/p-1. The molecule has 5 N–H and O–H groups in total. The fourth-order valence-electron chi connectivity index (χ4n) is 2.96. The van der Waals surface area contributed by atoms with E-state index in [1.165, 1.54) is 31.2 Å². The van der Waals surface area contributed by atoms with Crippen LogP contribution in [0.15, 0.2) is 52.3 Å². The largest absolute Gasteiger partial charge is 0.699 e. The van der Waals surface area contributed by atoms with E-state index >= 15 is 0 Å². The smallest absolute Gasteiger partial charge is 0.295 e. The van der Waals surface area contributed by atoms with Crippen LogP contribution >= 0.6 is 0 Å². The molecule has 161 valence electrons. The number of carbonyl (C=O) groups is 1. The second kappa shape index (κ2) is 8.81. The summed E-state index contributed by atoms with van der Waals surface area (Å²) in [6, 6.07) is 8.36. The molecule has 0 saturated heterocycles. The first kappa shape index (κ1) is 25.2. The third kappa shape index (κ3) is 5.05.